The molecule has 0 radical (unpaired) electrons. The molecule has 2 amide bonds. The van der Waals surface area contributed by atoms with Crippen molar-refractivity contribution in [1.82, 2.24) is 4.90 Å². The predicted molar refractivity (Wildman–Crippen MR) is 96.5 cm³/mol. The summed E-state index contributed by atoms with van der Waals surface area (Å²) in [4.78, 5) is 38.1. The first-order valence-electron chi connectivity index (χ1n) is 8.94. The van der Waals surface area contributed by atoms with E-state index in [9.17, 15) is 23.2 Å². The topological polar surface area (TPSA) is 84.9 Å². The predicted octanol–water partition coefficient (Wildman–Crippen LogP) is 3.23. The van der Waals surface area contributed by atoms with E-state index < -0.39 is 47.4 Å². The summed E-state index contributed by atoms with van der Waals surface area (Å²) in [6, 6.07) is 1.75. The molecule has 2 rings (SSSR count). The molecule has 0 aromatic heterocycles. The number of nitrogens with zero attached hydrogens (tertiary/aromatic N) is 1. The largest absolute Gasteiger partial charge is 0.451 e. The summed E-state index contributed by atoms with van der Waals surface area (Å²) >= 11 is 0. The summed E-state index contributed by atoms with van der Waals surface area (Å²) in [5.74, 6) is -3.12. The Morgan fingerprint density at radius 1 is 1.25 bits per heavy atom. The normalized spacial score (nSPS) is 17.8. The zero-order chi connectivity index (χ0) is 21.1. The van der Waals surface area contributed by atoms with Crippen molar-refractivity contribution in [2.24, 2.45) is 0 Å². The monoisotopic (exact) mass is 398 g/mol. The highest BCUT2D eigenvalue weighted by molar-refractivity contribution is 5.95. The van der Waals surface area contributed by atoms with Crippen LogP contribution in [0.4, 0.5) is 19.3 Å². The summed E-state index contributed by atoms with van der Waals surface area (Å²) in [7, 11) is 0. The molecule has 0 aliphatic carbocycles. The van der Waals surface area contributed by atoms with Crippen molar-refractivity contribution in [3.8, 4) is 0 Å². The summed E-state index contributed by atoms with van der Waals surface area (Å²) in [6.07, 6.45) is -0.930. The molecule has 1 aliphatic heterocycles. The van der Waals surface area contributed by atoms with Crippen LogP contribution in [0.2, 0.25) is 0 Å². The summed E-state index contributed by atoms with van der Waals surface area (Å²) < 4.78 is 37.2. The molecule has 1 aromatic carbocycles. The van der Waals surface area contributed by atoms with E-state index in [4.69, 9.17) is 9.47 Å². The number of nitrogens with one attached hydrogen (secondary N) is 1. The fourth-order valence-corrected chi connectivity index (χ4v) is 2.68. The Bertz CT molecular complexity index is 763. The maximum atomic E-state index is 13.6. The van der Waals surface area contributed by atoms with E-state index in [1.807, 2.05) is 0 Å². The lowest BCUT2D eigenvalue weighted by Gasteiger charge is -2.28. The van der Waals surface area contributed by atoms with Crippen LogP contribution in [-0.4, -0.2) is 47.2 Å². The molecule has 1 saturated heterocycles. The number of carbonyl (C=O) groups is 3. The fraction of sp³-hybridized carbons (Fsp3) is 0.526. The van der Waals surface area contributed by atoms with Crippen molar-refractivity contribution in [2.75, 3.05) is 11.9 Å². The second kappa shape index (κ2) is 8.53. The van der Waals surface area contributed by atoms with Gasteiger partial charge in [-0.15, -0.1) is 0 Å². The Morgan fingerprint density at radius 3 is 2.57 bits per heavy atom. The van der Waals surface area contributed by atoms with Gasteiger partial charge >= 0.3 is 12.1 Å². The number of rotatable bonds is 4. The van der Waals surface area contributed by atoms with Gasteiger partial charge in [0.15, 0.2) is 6.10 Å². The minimum absolute atomic E-state index is 0.337. The van der Waals surface area contributed by atoms with E-state index >= 15 is 0 Å². The average molecular weight is 398 g/mol. The zero-order valence-electron chi connectivity index (χ0n) is 16.3. The Balaban J connectivity index is 1.97. The van der Waals surface area contributed by atoms with Crippen molar-refractivity contribution in [2.45, 2.75) is 58.3 Å². The first-order valence-corrected chi connectivity index (χ1v) is 8.94. The van der Waals surface area contributed by atoms with Gasteiger partial charge in [0.25, 0.3) is 5.91 Å². The number of anilines is 1. The molecule has 1 fully saturated rings. The van der Waals surface area contributed by atoms with Gasteiger partial charge in [0.2, 0.25) is 0 Å². The lowest BCUT2D eigenvalue weighted by molar-refractivity contribution is -0.157. The highest BCUT2D eigenvalue weighted by atomic mass is 19.1. The summed E-state index contributed by atoms with van der Waals surface area (Å²) in [5, 5.41) is 2.18. The van der Waals surface area contributed by atoms with Crippen molar-refractivity contribution >= 4 is 23.7 Å². The highest BCUT2D eigenvalue weighted by Gasteiger charge is 2.38. The molecule has 1 aromatic rings. The van der Waals surface area contributed by atoms with Crippen LogP contribution in [0, 0.1) is 11.6 Å². The van der Waals surface area contributed by atoms with E-state index in [2.05, 4.69) is 5.32 Å². The molecular formula is C19H24F2N2O5. The van der Waals surface area contributed by atoms with Gasteiger partial charge in [-0.25, -0.2) is 18.4 Å². The molecule has 1 aliphatic rings. The maximum absolute atomic E-state index is 13.6. The summed E-state index contributed by atoms with van der Waals surface area (Å²) in [6.45, 7) is 6.78. The minimum Gasteiger partial charge on any atom is -0.451 e. The molecule has 0 spiro atoms. The van der Waals surface area contributed by atoms with Crippen LogP contribution in [0.1, 0.15) is 40.5 Å². The second-order valence-electron chi connectivity index (χ2n) is 7.52. The summed E-state index contributed by atoms with van der Waals surface area (Å²) in [5.41, 5.74) is -1.07. The van der Waals surface area contributed by atoms with Crippen LogP contribution in [0.5, 0.6) is 0 Å². The maximum Gasteiger partial charge on any atom is 0.411 e. The highest BCUT2D eigenvalue weighted by Crippen LogP contribution is 2.22. The number of esters is 1. The standard InChI is InChI=1S/C19H24F2N2O5/c1-11(16(24)22-14-10-12(20)7-8-13(14)21)27-17(25)15-6-5-9-23(15)18(26)28-19(2,3)4/h7-8,10-11,15H,5-6,9H2,1-4H3,(H,22,24)/t11-,15-/m0/s1. The van der Waals surface area contributed by atoms with E-state index in [1.165, 1.54) is 11.8 Å². The number of benzene rings is 1. The van der Waals surface area contributed by atoms with Crippen LogP contribution in [0.3, 0.4) is 0 Å². The molecule has 1 N–H and O–H groups in total. The van der Waals surface area contributed by atoms with E-state index in [-0.39, 0.29) is 5.69 Å². The number of likely N-dealkylation sites (tertiary alicyclic amines) is 1. The molecule has 9 heteroatoms. The van der Waals surface area contributed by atoms with Crippen LogP contribution >= 0.6 is 0 Å². The Labute approximate surface area is 162 Å². The number of halogens is 2. The van der Waals surface area contributed by atoms with Gasteiger partial charge < -0.3 is 14.8 Å². The molecule has 154 valence electrons. The van der Waals surface area contributed by atoms with Crippen LogP contribution in [0.25, 0.3) is 0 Å². The second-order valence-corrected chi connectivity index (χ2v) is 7.52. The van der Waals surface area contributed by atoms with Gasteiger partial charge in [-0.05, 0) is 52.7 Å². The van der Waals surface area contributed by atoms with E-state index in [1.54, 1.807) is 20.8 Å². The smallest absolute Gasteiger partial charge is 0.411 e. The Hall–Kier alpha value is -2.71. The third-order valence-corrected chi connectivity index (χ3v) is 4.00. The number of ether oxygens (including phenoxy) is 2. The lowest BCUT2D eigenvalue weighted by Crippen LogP contribution is -2.45. The first kappa shape index (κ1) is 21.6. The Morgan fingerprint density at radius 2 is 1.93 bits per heavy atom. The van der Waals surface area contributed by atoms with Gasteiger partial charge in [-0.3, -0.25) is 9.69 Å². The van der Waals surface area contributed by atoms with Crippen molar-refractivity contribution in [1.29, 1.82) is 0 Å². The number of hydrogen-bond acceptors (Lipinski definition) is 5. The van der Waals surface area contributed by atoms with Gasteiger partial charge in [-0.2, -0.15) is 0 Å². The zero-order valence-corrected chi connectivity index (χ0v) is 16.3. The molecule has 1 heterocycles. The van der Waals surface area contributed by atoms with Crippen molar-refractivity contribution < 1.29 is 32.6 Å². The molecule has 0 bridgehead atoms. The third kappa shape index (κ3) is 5.64. The minimum atomic E-state index is -1.27. The lowest BCUT2D eigenvalue weighted by atomic mass is 10.2. The van der Waals surface area contributed by atoms with Crippen LogP contribution in [0.15, 0.2) is 18.2 Å². The number of carbonyl (C=O) groups excluding carboxylic acids is 3. The van der Waals surface area contributed by atoms with Gasteiger partial charge in [0.05, 0.1) is 5.69 Å². The molecule has 7 nitrogen and oxygen atoms in total. The SMILES string of the molecule is C[C@H](OC(=O)[C@@H]1CCCN1C(=O)OC(C)(C)C)C(=O)Nc1cc(F)ccc1F. The molecule has 0 saturated carbocycles. The quantitative estimate of drug-likeness (QED) is 0.787. The number of hydrogen-bond donors (Lipinski definition) is 1. The molecule has 2 atom stereocenters. The average Bonchev–Trinajstić information content (AvgIpc) is 3.06. The Kier molecular flexibility index (Phi) is 6.58. The van der Waals surface area contributed by atoms with Crippen molar-refractivity contribution in [3.63, 3.8) is 0 Å². The van der Waals surface area contributed by atoms with E-state index in [0.717, 1.165) is 18.2 Å². The van der Waals surface area contributed by atoms with Gasteiger partial charge in [0, 0.05) is 12.6 Å². The van der Waals surface area contributed by atoms with Crippen molar-refractivity contribution in [3.05, 3.63) is 29.8 Å². The van der Waals surface area contributed by atoms with Gasteiger partial charge in [0.1, 0.15) is 23.3 Å². The first-order chi connectivity index (χ1) is 13.0. The number of amides is 2. The van der Waals surface area contributed by atoms with E-state index in [0.29, 0.717) is 19.4 Å². The molecule has 0 unspecified atom stereocenters. The molecular weight excluding hydrogens is 374 g/mol. The third-order valence-electron chi connectivity index (χ3n) is 4.00. The van der Waals surface area contributed by atoms with Crippen LogP contribution < -0.4 is 5.32 Å². The molecule has 28 heavy (non-hydrogen) atoms. The van der Waals surface area contributed by atoms with Gasteiger partial charge in [-0.1, -0.05) is 0 Å². The fourth-order valence-electron chi connectivity index (χ4n) is 2.68. The van der Waals surface area contributed by atoms with Crippen LogP contribution in [-0.2, 0) is 19.1 Å².